The van der Waals surface area contributed by atoms with E-state index >= 15 is 0 Å². The first-order valence-corrected chi connectivity index (χ1v) is 6.88. The number of rotatable bonds is 1. The van der Waals surface area contributed by atoms with Crippen molar-refractivity contribution in [1.82, 2.24) is 0 Å². The molecule has 1 aliphatic heterocycles. The summed E-state index contributed by atoms with van der Waals surface area (Å²) in [6, 6.07) is 7.33. The third-order valence-electron chi connectivity index (χ3n) is 4.60. The van der Waals surface area contributed by atoms with Crippen LogP contribution in [0.25, 0.3) is 0 Å². The van der Waals surface area contributed by atoms with E-state index in [2.05, 4.69) is 30.0 Å². The molecule has 17 heavy (non-hydrogen) atoms. The van der Waals surface area contributed by atoms with Gasteiger partial charge in [-0.2, -0.15) is 0 Å². The number of aryl methyl sites for hydroxylation is 1. The smallest absolute Gasteiger partial charge is 0.0389 e. The van der Waals surface area contributed by atoms with Gasteiger partial charge in [-0.15, -0.1) is 0 Å². The largest absolute Gasteiger partial charge is 0.398 e. The van der Waals surface area contributed by atoms with Crippen molar-refractivity contribution in [3.05, 3.63) is 23.8 Å². The van der Waals surface area contributed by atoms with E-state index in [9.17, 15) is 0 Å². The van der Waals surface area contributed by atoms with Gasteiger partial charge in [-0.25, -0.2) is 0 Å². The Morgan fingerprint density at radius 2 is 2.00 bits per heavy atom. The minimum Gasteiger partial charge on any atom is -0.398 e. The van der Waals surface area contributed by atoms with Crippen LogP contribution in [0.1, 0.15) is 37.7 Å². The number of hydrogen-bond acceptors (Lipinski definition) is 2. The molecule has 1 aliphatic carbocycles. The molecule has 2 nitrogen and oxygen atoms in total. The average molecular weight is 230 g/mol. The summed E-state index contributed by atoms with van der Waals surface area (Å²) in [5, 5.41) is 0. The molecule has 2 aliphatic rings. The normalized spacial score (nSPS) is 28.2. The minimum atomic E-state index is 0.783. The summed E-state index contributed by atoms with van der Waals surface area (Å²) in [6.07, 6.45) is 7.02. The summed E-state index contributed by atoms with van der Waals surface area (Å²) in [6.45, 7) is 3.30. The summed E-state index contributed by atoms with van der Waals surface area (Å²) in [7, 11) is 0. The van der Waals surface area contributed by atoms with Crippen molar-refractivity contribution in [2.24, 2.45) is 5.92 Å². The molecule has 2 atom stereocenters. The summed E-state index contributed by atoms with van der Waals surface area (Å²) in [5.74, 6) is 0.936. The monoisotopic (exact) mass is 230 g/mol. The Morgan fingerprint density at radius 3 is 2.82 bits per heavy atom. The second kappa shape index (κ2) is 4.25. The summed E-state index contributed by atoms with van der Waals surface area (Å²) < 4.78 is 0. The van der Waals surface area contributed by atoms with E-state index in [1.54, 1.807) is 0 Å². The van der Waals surface area contributed by atoms with Crippen LogP contribution in [0.15, 0.2) is 18.2 Å². The highest BCUT2D eigenvalue weighted by Crippen LogP contribution is 2.39. The van der Waals surface area contributed by atoms with Crippen molar-refractivity contribution >= 4 is 11.4 Å². The van der Waals surface area contributed by atoms with Crippen molar-refractivity contribution in [2.45, 2.75) is 45.1 Å². The molecular formula is C15H22N2. The van der Waals surface area contributed by atoms with E-state index in [1.807, 2.05) is 0 Å². The van der Waals surface area contributed by atoms with Gasteiger partial charge < -0.3 is 10.6 Å². The van der Waals surface area contributed by atoms with Crippen LogP contribution in [0.3, 0.4) is 0 Å². The van der Waals surface area contributed by atoms with Crippen LogP contribution in [-0.2, 0) is 0 Å². The summed E-state index contributed by atoms with van der Waals surface area (Å²) >= 11 is 0. The Hall–Kier alpha value is -1.18. The van der Waals surface area contributed by atoms with E-state index < -0.39 is 0 Å². The zero-order valence-corrected chi connectivity index (χ0v) is 10.7. The van der Waals surface area contributed by atoms with E-state index in [-0.39, 0.29) is 0 Å². The quantitative estimate of drug-likeness (QED) is 0.750. The first-order chi connectivity index (χ1) is 8.25. The summed E-state index contributed by atoms with van der Waals surface area (Å²) in [4.78, 5) is 2.60. The maximum atomic E-state index is 6.03. The van der Waals surface area contributed by atoms with E-state index in [1.165, 1.54) is 49.9 Å². The lowest BCUT2D eigenvalue weighted by molar-refractivity contribution is 0.342. The van der Waals surface area contributed by atoms with Crippen LogP contribution >= 0.6 is 0 Å². The fraction of sp³-hybridized carbons (Fsp3) is 0.600. The molecular weight excluding hydrogens is 208 g/mol. The van der Waals surface area contributed by atoms with Crippen LogP contribution in [0.4, 0.5) is 11.4 Å². The number of benzene rings is 1. The third-order valence-corrected chi connectivity index (χ3v) is 4.60. The molecule has 0 spiro atoms. The summed E-state index contributed by atoms with van der Waals surface area (Å²) in [5.41, 5.74) is 9.49. The standard InChI is InChI=1S/C15H22N2/c1-11-6-7-13(10-14(11)16)17-9-8-12-4-2-3-5-15(12)17/h6-7,10,12,15H,2-5,8-9,16H2,1H3. The molecule has 2 fully saturated rings. The van der Waals surface area contributed by atoms with Gasteiger partial charge in [-0.1, -0.05) is 18.9 Å². The van der Waals surface area contributed by atoms with Gasteiger partial charge in [0.05, 0.1) is 0 Å². The lowest BCUT2D eigenvalue weighted by Crippen LogP contribution is -2.34. The third kappa shape index (κ3) is 1.90. The van der Waals surface area contributed by atoms with Gasteiger partial charge in [0.15, 0.2) is 0 Å². The molecule has 0 aromatic heterocycles. The van der Waals surface area contributed by atoms with Gasteiger partial charge in [-0.3, -0.25) is 0 Å². The maximum absolute atomic E-state index is 6.03. The van der Waals surface area contributed by atoms with Gasteiger partial charge in [0.2, 0.25) is 0 Å². The maximum Gasteiger partial charge on any atom is 0.0389 e. The van der Waals surface area contributed by atoms with Crippen molar-refractivity contribution in [3.8, 4) is 0 Å². The van der Waals surface area contributed by atoms with Crippen molar-refractivity contribution in [3.63, 3.8) is 0 Å². The van der Waals surface area contributed by atoms with Gasteiger partial charge in [-0.05, 0) is 49.8 Å². The highest BCUT2D eigenvalue weighted by Gasteiger charge is 2.35. The van der Waals surface area contributed by atoms with Crippen molar-refractivity contribution < 1.29 is 0 Å². The average Bonchev–Trinajstić information content (AvgIpc) is 2.76. The molecule has 3 rings (SSSR count). The zero-order chi connectivity index (χ0) is 11.8. The van der Waals surface area contributed by atoms with Crippen LogP contribution in [0, 0.1) is 12.8 Å². The second-order valence-corrected chi connectivity index (χ2v) is 5.63. The molecule has 92 valence electrons. The number of nitrogens with zero attached hydrogens (tertiary/aromatic N) is 1. The van der Waals surface area contributed by atoms with E-state index in [4.69, 9.17) is 5.73 Å². The Morgan fingerprint density at radius 1 is 1.18 bits per heavy atom. The number of nitrogen functional groups attached to an aromatic ring is 1. The van der Waals surface area contributed by atoms with E-state index in [0.29, 0.717) is 0 Å². The first kappa shape index (κ1) is 10.9. The van der Waals surface area contributed by atoms with Crippen LogP contribution in [-0.4, -0.2) is 12.6 Å². The van der Waals surface area contributed by atoms with Gasteiger partial charge >= 0.3 is 0 Å². The predicted molar refractivity (Wildman–Crippen MR) is 73.3 cm³/mol. The number of fused-ring (bicyclic) bond motifs is 1. The van der Waals surface area contributed by atoms with Gasteiger partial charge in [0.25, 0.3) is 0 Å². The minimum absolute atomic E-state index is 0.783. The Kier molecular flexibility index (Phi) is 2.73. The molecule has 2 heteroatoms. The second-order valence-electron chi connectivity index (χ2n) is 5.63. The highest BCUT2D eigenvalue weighted by molar-refractivity contribution is 5.60. The van der Waals surface area contributed by atoms with E-state index in [0.717, 1.165) is 17.6 Å². The lowest BCUT2D eigenvalue weighted by atomic mass is 9.85. The molecule has 1 saturated heterocycles. The molecule has 0 amide bonds. The lowest BCUT2D eigenvalue weighted by Gasteiger charge is -2.33. The molecule has 1 aromatic rings. The zero-order valence-electron chi connectivity index (χ0n) is 10.7. The number of anilines is 2. The Labute approximate surface area is 104 Å². The van der Waals surface area contributed by atoms with Gasteiger partial charge in [0, 0.05) is 24.0 Å². The SMILES string of the molecule is Cc1ccc(N2CCC3CCCCC32)cc1N. The van der Waals surface area contributed by atoms with Crippen LogP contribution in [0.2, 0.25) is 0 Å². The predicted octanol–water partition coefficient (Wildman–Crippen LogP) is 3.35. The fourth-order valence-corrected chi connectivity index (χ4v) is 3.53. The Balaban J connectivity index is 1.86. The number of hydrogen-bond donors (Lipinski definition) is 1. The number of nitrogens with two attached hydrogens (primary N) is 1. The topological polar surface area (TPSA) is 29.3 Å². The van der Waals surface area contributed by atoms with Crippen LogP contribution in [0.5, 0.6) is 0 Å². The molecule has 2 N–H and O–H groups in total. The molecule has 2 unspecified atom stereocenters. The molecule has 1 saturated carbocycles. The molecule has 0 bridgehead atoms. The van der Waals surface area contributed by atoms with Gasteiger partial charge in [0.1, 0.15) is 0 Å². The fourth-order valence-electron chi connectivity index (χ4n) is 3.53. The molecule has 1 heterocycles. The highest BCUT2D eigenvalue weighted by atomic mass is 15.2. The van der Waals surface area contributed by atoms with Crippen molar-refractivity contribution in [1.29, 1.82) is 0 Å². The first-order valence-electron chi connectivity index (χ1n) is 6.88. The Bertz CT molecular complexity index is 413. The molecule has 1 aromatic carbocycles. The van der Waals surface area contributed by atoms with Crippen LogP contribution < -0.4 is 10.6 Å². The van der Waals surface area contributed by atoms with Crippen molar-refractivity contribution in [2.75, 3.05) is 17.2 Å². The molecule has 0 radical (unpaired) electrons.